The molecule has 0 aliphatic heterocycles. The maximum atomic E-state index is 4.86. The van der Waals surface area contributed by atoms with Crippen LogP contribution in [0.2, 0.25) is 0 Å². The Morgan fingerprint density at radius 1 is 0.463 bits per heavy atom. The third-order valence-electron chi connectivity index (χ3n) is 7.61. The molecule has 0 spiro atoms. The molecule has 0 aliphatic carbocycles. The van der Waals surface area contributed by atoms with Gasteiger partial charge in [-0.25, -0.2) is 0 Å². The highest BCUT2D eigenvalue weighted by molar-refractivity contribution is 7.17. The van der Waals surface area contributed by atoms with E-state index in [1.54, 1.807) is 0 Å². The Bertz CT molecular complexity index is 1840. The third-order valence-corrected chi connectivity index (χ3v) is 12.8. The van der Waals surface area contributed by atoms with Crippen LogP contribution in [0.3, 0.4) is 0 Å². The zero-order valence-electron chi connectivity index (χ0n) is 24.6. The molecule has 208 valence electrons. The van der Waals surface area contributed by atoms with Crippen molar-refractivity contribution in [2.24, 2.45) is 0 Å². The molecular formula is C34H32N2S5. The van der Waals surface area contributed by atoms with Crippen LogP contribution in [-0.2, 0) is 0 Å². The zero-order valence-corrected chi connectivity index (χ0v) is 28.6. The predicted molar refractivity (Wildman–Crippen MR) is 188 cm³/mol. The van der Waals surface area contributed by atoms with E-state index < -0.39 is 0 Å². The molecule has 0 atom stereocenters. The molecule has 0 saturated carbocycles. The summed E-state index contributed by atoms with van der Waals surface area (Å²) in [4.78, 5) is 10.5. The predicted octanol–water partition coefficient (Wildman–Crippen LogP) is 12.1. The van der Waals surface area contributed by atoms with E-state index in [1.165, 1.54) is 95.3 Å². The van der Waals surface area contributed by atoms with Gasteiger partial charge in [0.15, 0.2) is 0 Å². The van der Waals surface area contributed by atoms with Crippen molar-refractivity contribution in [2.75, 3.05) is 0 Å². The van der Waals surface area contributed by atoms with E-state index in [0.717, 1.165) is 11.0 Å². The number of benzene rings is 1. The highest BCUT2D eigenvalue weighted by Gasteiger charge is 2.23. The molecule has 6 rings (SSSR count). The molecule has 7 heteroatoms. The van der Waals surface area contributed by atoms with Crippen LogP contribution in [0, 0.1) is 55.4 Å². The van der Waals surface area contributed by atoms with Crippen molar-refractivity contribution in [3.05, 3.63) is 86.9 Å². The first-order valence-corrected chi connectivity index (χ1v) is 17.6. The fourth-order valence-electron chi connectivity index (χ4n) is 5.37. The minimum absolute atomic E-state index is 1.02. The standard InChI is InChI=1S/C34H32N2S5/c1-17-13-21(5)37-25(17)9-11-27-19(3)15-29(39-27)31-23(7)24(8)32(34-33(31)35-41-36-34)30-16-20(4)28(40-30)12-10-26-18(2)14-22(6)38-26/h9-16H,1-8H3/b11-9+,12-10+. The minimum Gasteiger partial charge on any atom is -0.172 e. The molecule has 6 aromatic rings. The summed E-state index contributed by atoms with van der Waals surface area (Å²) >= 11 is 8.72. The SMILES string of the molecule is Cc1cc(C)c(/C=C/c2sc(-c3c(C)c(C)c(-c4cc(C)c(/C=C/c5sc(C)cc5C)s4)c4nsnc34)cc2C)s1. The van der Waals surface area contributed by atoms with Crippen molar-refractivity contribution in [1.29, 1.82) is 0 Å². The lowest BCUT2D eigenvalue weighted by Gasteiger charge is -2.13. The van der Waals surface area contributed by atoms with E-state index >= 15 is 0 Å². The van der Waals surface area contributed by atoms with Gasteiger partial charge in [0.25, 0.3) is 0 Å². The molecule has 0 aliphatic rings. The number of hydrogen-bond donors (Lipinski definition) is 0. The molecule has 0 unspecified atom stereocenters. The second kappa shape index (κ2) is 11.2. The van der Waals surface area contributed by atoms with Crippen molar-refractivity contribution < 1.29 is 0 Å². The molecule has 0 fully saturated rings. The number of aromatic nitrogens is 2. The Morgan fingerprint density at radius 2 is 0.805 bits per heavy atom. The number of hydrogen-bond acceptors (Lipinski definition) is 7. The minimum atomic E-state index is 1.02. The lowest BCUT2D eigenvalue weighted by atomic mass is 9.93. The highest BCUT2D eigenvalue weighted by Crippen LogP contribution is 2.45. The van der Waals surface area contributed by atoms with Gasteiger partial charge in [0.2, 0.25) is 0 Å². The number of aryl methyl sites for hydroxylation is 6. The summed E-state index contributed by atoms with van der Waals surface area (Å²) in [6.45, 7) is 17.6. The second-order valence-corrected chi connectivity index (χ2v) is 16.0. The molecule has 5 aromatic heterocycles. The summed E-state index contributed by atoms with van der Waals surface area (Å²) in [5.74, 6) is 0. The van der Waals surface area contributed by atoms with Gasteiger partial charge in [-0.3, -0.25) is 0 Å². The van der Waals surface area contributed by atoms with Crippen LogP contribution in [-0.4, -0.2) is 8.75 Å². The molecule has 1 aromatic carbocycles. The Morgan fingerprint density at radius 3 is 1.15 bits per heavy atom. The van der Waals surface area contributed by atoms with E-state index in [4.69, 9.17) is 8.75 Å². The van der Waals surface area contributed by atoms with Crippen LogP contribution >= 0.6 is 57.1 Å². The topological polar surface area (TPSA) is 25.8 Å². The number of nitrogens with zero attached hydrogens (tertiary/aromatic N) is 2. The highest BCUT2D eigenvalue weighted by atomic mass is 32.1. The Balaban J connectivity index is 1.40. The largest absolute Gasteiger partial charge is 0.172 e. The summed E-state index contributed by atoms with van der Waals surface area (Å²) in [6.07, 6.45) is 9.08. The van der Waals surface area contributed by atoms with Gasteiger partial charge in [0.05, 0.1) is 11.7 Å². The van der Waals surface area contributed by atoms with E-state index in [-0.39, 0.29) is 0 Å². The third kappa shape index (κ3) is 5.35. The van der Waals surface area contributed by atoms with Gasteiger partial charge < -0.3 is 0 Å². The van der Waals surface area contributed by atoms with Crippen molar-refractivity contribution in [3.8, 4) is 20.9 Å². The fraction of sp³-hybridized carbons (Fsp3) is 0.235. The van der Waals surface area contributed by atoms with Crippen LogP contribution in [0.5, 0.6) is 0 Å². The molecule has 5 heterocycles. The van der Waals surface area contributed by atoms with Crippen molar-refractivity contribution in [1.82, 2.24) is 8.75 Å². The first-order chi connectivity index (χ1) is 19.6. The van der Waals surface area contributed by atoms with Crippen LogP contribution in [0.15, 0.2) is 24.3 Å². The first kappa shape index (κ1) is 28.4. The molecule has 0 amide bonds. The van der Waals surface area contributed by atoms with Gasteiger partial charge in [0.1, 0.15) is 11.0 Å². The monoisotopic (exact) mass is 628 g/mol. The lowest BCUT2D eigenvalue weighted by molar-refractivity contribution is 1.36. The van der Waals surface area contributed by atoms with Crippen LogP contribution in [0.4, 0.5) is 0 Å². The van der Waals surface area contributed by atoms with Crippen LogP contribution in [0.1, 0.15) is 62.6 Å². The second-order valence-electron chi connectivity index (χ2n) is 10.8. The van der Waals surface area contributed by atoms with Crippen molar-refractivity contribution >= 4 is 92.4 Å². The Kier molecular flexibility index (Phi) is 7.76. The normalized spacial score (nSPS) is 12.2. The van der Waals surface area contributed by atoms with Gasteiger partial charge in [0, 0.05) is 50.1 Å². The first-order valence-electron chi connectivity index (χ1n) is 13.6. The Hall–Kier alpha value is -2.68. The van der Waals surface area contributed by atoms with Gasteiger partial charge in [-0.15, -0.1) is 45.3 Å². The zero-order chi connectivity index (χ0) is 29.0. The van der Waals surface area contributed by atoms with E-state index in [1.807, 2.05) is 45.3 Å². The average molecular weight is 629 g/mol. The molecule has 0 bridgehead atoms. The molecule has 0 N–H and O–H groups in total. The van der Waals surface area contributed by atoms with E-state index in [9.17, 15) is 0 Å². The summed E-state index contributed by atoms with van der Waals surface area (Å²) in [5.41, 5.74) is 12.3. The maximum Gasteiger partial charge on any atom is 0.114 e. The van der Waals surface area contributed by atoms with E-state index in [0.29, 0.717) is 0 Å². The van der Waals surface area contributed by atoms with Gasteiger partial charge in [-0.2, -0.15) is 8.75 Å². The van der Waals surface area contributed by atoms with Crippen LogP contribution < -0.4 is 0 Å². The van der Waals surface area contributed by atoms with Gasteiger partial charge >= 0.3 is 0 Å². The molecule has 0 saturated heterocycles. The van der Waals surface area contributed by atoms with Crippen LogP contribution in [0.25, 0.3) is 56.2 Å². The Labute approximate surface area is 262 Å². The lowest BCUT2D eigenvalue weighted by Crippen LogP contribution is -1.93. The molecule has 2 nitrogen and oxygen atoms in total. The van der Waals surface area contributed by atoms with Gasteiger partial charge in [-0.05, 0) is 137 Å². The number of thiophene rings is 4. The smallest absolute Gasteiger partial charge is 0.114 e. The van der Waals surface area contributed by atoms with Crippen molar-refractivity contribution in [3.63, 3.8) is 0 Å². The summed E-state index contributed by atoms with van der Waals surface area (Å²) in [7, 11) is 0. The summed E-state index contributed by atoms with van der Waals surface area (Å²) in [5, 5.41) is 0. The van der Waals surface area contributed by atoms with Crippen molar-refractivity contribution in [2.45, 2.75) is 55.4 Å². The number of fused-ring (bicyclic) bond motifs is 1. The van der Waals surface area contributed by atoms with Gasteiger partial charge in [-0.1, -0.05) is 0 Å². The fourth-order valence-corrected chi connectivity index (χ4v) is 10.2. The number of rotatable bonds is 6. The molecule has 41 heavy (non-hydrogen) atoms. The average Bonchev–Trinajstić information content (AvgIpc) is 3.72. The molecule has 0 radical (unpaired) electrons. The summed E-state index contributed by atoms with van der Waals surface area (Å²) < 4.78 is 9.72. The maximum absolute atomic E-state index is 4.86. The molecular weight excluding hydrogens is 597 g/mol. The van der Waals surface area contributed by atoms with E-state index in [2.05, 4.69) is 104 Å². The quantitative estimate of drug-likeness (QED) is 0.183. The summed E-state index contributed by atoms with van der Waals surface area (Å²) in [6, 6.07) is 9.17.